The van der Waals surface area contributed by atoms with Gasteiger partial charge in [0.2, 0.25) is 0 Å². The van der Waals surface area contributed by atoms with Gasteiger partial charge in [-0.1, -0.05) is 29.8 Å². The van der Waals surface area contributed by atoms with Crippen molar-refractivity contribution >= 4 is 5.82 Å². The molecule has 2 aromatic rings. The van der Waals surface area contributed by atoms with E-state index < -0.39 is 0 Å². The molecule has 4 heteroatoms. The topological polar surface area (TPSA) is 53.1 Å². The zero-order valence-electron chi connectivity index (χ0n) is 11.4. The van der Waals surface area contributed by atoms with E-state index in [4.69, 9.17) is 10.5 Å². The molecule has 0 aliphatic carbocycles. The van der Waals surface area contributed by atoms with Crippen molar-refractivity contribution in [2.24, 2.45) is 7.05 Å². The number of aromatic nitrogens is 2. The second-order valence-corrected chi connectivity index (χ2v) is 5.14. The highest BCUT2D eigenvalue weighted by molar-refractivity contribution is 5.77. The van der Waals surface area contributed by atoms with Gasteiger partial charge < -0.3 is 10.5 Å². The largest absolute Gasteiger partial charge is 0.383 e. The van der Waals surface area contributed by atoms with Gasteiger partial charge in [0, 0.05) is 19.2 Å². The first-order valence-electron chi connectivity index (χ1n) is 6.68. The Morgan fingerprint density at radius 2 is 2.26 bits per heavy atom. The molecule has 4 nitrogen and oxygen atoms in total. The van der Waals surface area contributed by atoms with Gasteiger partial charge in [0.05, 0.1) is 0 Å². The summed E-state index contributed by atoms with van der Waals surface area (Å²) >= 11 is 0. The van der Waals surface area contributed by atoms with Crippen molar-refractivity contribution in [2.45, 2.75) is 25.9 Å². The number of nitrogen functional groups attached to an aromatic ring is 1. The Hall–Kier alpha value is -1.81. The number of rotatable bonds is 2. The molecule has 1 atom stereocenters. The van der Waals surface area contributed by atoms with Crippen LogP contribution in [0.2, 0.25) is 0 Å². The van der Waals surface area contributed by atoms with Gasteiger partial charge in [0.15, 0.2) is 0 Å². The SMILES string of the molecule is Cc1cccc(-c2c(C3CCCO3)nn(C)c2N)c1. The highest BCUT2D eigenvalue weighted by Gasteiger charge is 2.26. The quantitative estimate of drug-likeness (QED) is 0.900. The van der Waals surface area contributed by atoms with Crippen LogP contribution in [0.1, 0.15) is 30.2 Å². The van der Waals surface area contributed by atoms with Crippen molar-refractivity contribution in [3.05, 3.63) is 35.5 Å². The van der Waals surface area contributed by atoms with E-state index in [1.54, 1.807) is 4.68 Å². The average molecular weight is 257 g/mol. The molecule has 3 rings (SSSR count). The molecule has 19 heavy (non-hydrogen) atoms. The fourth-order valence-corrected chi connectivity index (χ4v) is 2.67. The Morgan fingerprint density at radius 3 is 2.95 bits per heavy atom. The highest BCUT2D eigenvalue weighted by atomic mass is 16.5. The van der Waals surface area contributed by atoms with E-state index in [9.17, 15) is 0 Å². The third-order valence-corrected chi connectivity index (χ3v) is 3.66. The van der Waals surface area contributed by atoms with E-state index in [1.807, 2.05) is 7.05 Å². The summed E-state index contributed by atoms with van der Waals surface area (Å²) < 4.78 is 7.51. The summed E-state index contributed by atoms with van der Waals surface area (Å²) in [5, 5.41) is 4.56. The van der Waals surface area contributed by atoms with Gasteiger partial charge in [0.25, 0.3) is 0 Å². The van der Waals surface area contributed by atoms with Crippen LogP contribution < -0.4 is 5.73 Å². The molecule has 1 aliphatic rings. The Kier molecular flexibility index (Phi) is 3.03. The van der Waals surface area contributed by atoms with E-state index in [-0.39, 0.29) is 6.10 Å². The minimum absolute atomic E-state index is 0.0824. The monoisotopic (exact) mass is 257 g/mol. The second-order valence-electron chi connectivity index (χ2n) is 5.14. The number of hydrogen-bond donors (Lipinski definition) is 1. The van der Waals surface area contributed by atoms with Crippen molar-refractivity contribution in [1.29, 1.82) is 0 Å². The van der Waals surface area contributed by atoms with Crippen LogP contribution in [-0.4, -0.2) is 16.4 Å². The fourth-order valence-electron chi connectivity index (χ4n) is 2.67. The lowest BCUT2D eigenvalue weighted by atomic mass is 10.00. The van der Waals surface area contributed by atoms with Crippen molar-refractivity contribution in [1.82, 2.24) is 9.78 Å². The lowest BCUT2D eigenvalue weighted by Crippen LogP contribution is -2.00. The van der Waals surface area contributed by atoms with E-state index in [2.05, 4.69) is 36.3 Å². The molecular weight excluding hydrogens is 238 g/mol. The molecular formula is C15H19N3O. The predicted molar refractivity (Wildman–Crippen MR) is 75.7 cm³/mol. The van der Waals surface area contributed by atoms with Crippen LogP contribution in [0, 0.1) is 6.92 Å². The van der Waals surface area contributed by atoms with E-state index >= 15 is 0 Å². The summed E-state index contributed by atoms with van der Waals surface area (Å²) in [7, 11) is 1.88. The molecule has 1 fully saturated rings. The molecule has 1 aliphatic heterocycles. The van der Waals surface area contributed by atoms with Crippen LogP contribution in [0.15, 0.2) is 24.3 Å². The molecule has 0 saturated carbocycles. The van der Waals surface area contributed by atoms with Gasteiger partial charge >= 0.3 is 0 Å². The molecule has 0 bridgehead atoms. The molecule has 0 spiro atoms. The number of nitrogens with zero attached hydrogens (tertiary/aromatic N) is 2. The van der Waals surface area contributed by atoms with Crippen LogP contribution in [0.3, 0.4) is 0 Å². The predicted octanol–water partition coefficient (Wildman–Crippen LogP) is 2.83. The zero-order valence-corrected chi connectivity index (χ0v) is 11.4. The van der Waals surface area contributed by atoms with Crippen molar-refractivity contribution in [3.8, 4) is 11.1 Å². The van der Waals surface area contributed by atoms with E-state index in [1.165, 1.54) is 5.56 Å². The van der Waals surface area contributed by atoms with Crippen LogP contribution >= 0.6 is 0 Å². The average Bonchev–Trinajstić information content (AvgIpc) is 2.99. The summed E-state index contributed by atoms with van der Waals surface area (Å²) in [4.78, 5) is 0. The maximum atomic E-state index is 6.20. The first-order valence-corrected chi connectivity index (χ1v) is 6.68. The van der Waals surface area contributed by atoms with Crippen molar-refractivity contribution in [3.63, 3.8) is 0 Å². The normalized spacial score (nSPS) is 18.9. The van der Waals surface area contributed by atoms with Crippen LogP contribution in [0.4, 0.5) is 5.82 Å². The maximum Gasteiger partial charge on any atom is 0.129 e. The second kappa shape index (κ2) is 4.70. The molecule has 0 amide bonds. The van der Waals surface area contributed by atoms with Gasteiger partial charge in [-0.25, -0.2) is 0 Å². The fraction of sp³-hybridized carbons (Fsp3) is 0.400. The Labute approximate surface area is 113 Å². The molecule has 0 radical (unpaired) electrons. The first kappa shape index (κ1) is 12.2. The number of anilines is 1. The third-order valence-electron chi connectivity index (χ3n) is 3.66. The number of nitrogens with two attached hydrogens (primary N) is 1. The van der Waals surface area contributed by atoms with Gasteiger partial charge in [-0.3, -0.25) is 4.68 Å². The molecule has 1 aromatic carbocycles. The number of ether oxygens (including phenoxy) is 1. The Morgan fingerprint density at radius 1 is 1.42 bits per heavy atom. The van der Waals surface area contributed by atoms with Crippen molar-refractivity contribution in [2.75, 3.05) is 12.3 Å². The Balaban J connectivity index is 2.13. The summed E-state index contributed by atoms with van der Waals surface area (Å²) in [6, 6.07) is 8.36. The summed E-state index contributed by atoms with van der Waals surface area (Å²) in [5.41, 5.74) is 10.5. The number of hydrogen-bond acceptors (Lipinski definition) is 3. The van der Waals surface area contributed by atoms with Gasteiger partial charge in [-0.2, -0.15) is 5.10 Å². The number of benzene rings is 1. The van der Waals surface area contributed by atoms with Crippen LogP contribution in [0.25, 0.3) is 11.1 Å². The third kappa shape index (κ3) is 2.12. The molecule has 1 aromatic heterocycles. The lowest BCUT2D eigenvalue weighted by molar-refractivity contribution is 0.108. The summed E-state index contributed by atoms with van der Waals surface area (Å²) in [5.74, 6) is 0.705. The van der Waals surface area contributed by atoms with Crippen LogP contribution in [0.5, 0.6) is 0 Å². The smallest absolute Gasteiger partial charge is 0.129 e. The van der Waals surface area contributed by atoms with E-state index in [0.717, 1.165) is 36.3 Å². The zero-order chi connectivity index (χ0) is 13.4. The minimum Gasteiger partial charge on any atom is -0.383 e. The standard InChI is InChI=1S/C15H19N3O/c1-10-5-3-6-11(9-10)13-14(12-7-4-8-19-12)17-18(2)15(13)16/h3,5-6,9,12H,4,7-8,16H2,1-2H3. The summed E-state index contributed by atoms with van der Waals surface area (Å²) in [6.45, 7) is 2.90. The molecule has 1 unspecified atom stereocenters. The molecule has 2 N–H and O–H groups in total. The number of aryl methyl sites for hydroxylation is 2. The minimum atomic E-state index is 0.0824. The molecule has 2 heterocycles. The van der Waals surface area contributed by atoms with Gasteiger partial charge in [-0.05, 0) is 25.3 Å². The van der Waals surface area contributed by atoms with Gasteiger partial charge in [0.1, 0.15) is 17.6 Å². The highest BCUT2D eigenvalue weighted by Crippen LogP contribution is 2.38. The maximum absolute atomic E-state index is 6.20. The van der Waals surface area contributed by atoms with E-state index in [0.29, 0.717) is 5.82 Å². The molecule has 1 saturated heterocycles. The van der Waals surface area contributed by atoms with Crippen LogP contribution in [-0.2, 0) is 11.8 Å². The summed E-state index contributed by atoms with van der Waals surface area (Å²) in [6.07, 6.45) is 2.20. The van der Waals surface area contributed by atoms with Crippen molar-refractivity contribution < 1.29 is 4.74 Å². The lowest BCUT2D eigenvalue weighted by Gasteiger charge is -2.10. The Bertz CT molecular complexity index is 597. The first-order chi connectivity index (χ1) is 9.16. The molecule has 100 valence electrons. The van der Waals surface area contributed by atoms with Gasteiger partial charge in [-0.15, -0.1) is 0 Å².